The molecule has 0 aliphatic heterocycles. The van der Waals surface area contributed by atoms with E-state index < -0.39 is 0 Å². The van der Waals surface area contributed by atoms with Crippen molar-refractivity contribution < 1.29 is 4.74 Å². The summed E-state index contributed by atoms with van der Waals surface area (Å²) in [5.41, 5.74) is 9.45. The number of nitriles is 2. The normalized spacial score (nSPS) is 12.2. The Balaban J connectivity index is 2.92. The van der Waals surface area contributed by atoms with Crippen LogP contribution in [0.5, 0.6) is 5.75 Å². The lowest BCUT2D eigenvalue weighted by Gasteiger charge is -2.19. The van der Waals surface area contributed by atoms with Crippen LogP contribution in [0.1, 0.15) is 91.0 Å². The Bertz CT molecular complexity index is 1170. The van der Waals surface area contributed by atoms with Crippen molar-refractivity contribution in [3.8, 4) is 17.9 Å². The van der Waals surface area contributed by atoms with Crippen molar-refractivity contribution in [1.82, 2.24) is 0 Å². The molecule has 0 atom stereocenters. The lowest BCUT2D eigenvalue weighted by molar-refractivity contribution is 0.411. The van der Waals surface area contributed by atoms with E-state index in [2.05, 4.69) is 58.9 Å². The number of ether oxygens (including phenoxy) is 1. The van der Waals surface area contributed by atoms with Gasteiger partial charge in [0, 0.05) is 5.56 Å². The number of nitrogens with zero attached hydrogens (tertiary/aromatic N) is 2. The molecule has 0 amide bonds. The maximum atomic E-state index is 10.2. The van der Waals surface area contributed by atoms with Crippen LogP contribution >= 0.6 is 0 Å². The molecule has 2 rings (SSSR count). The van der Waals surface area contributed by atoms with Gasteiger partial charge in [-0.3, -0.25) is 0 Å². The second kappa shape index (κ2) is 10.3. The lowest BCUT2D eigenvalue weighted by atomic mass is 9.85. The highest BCUT2D eigenvalue weighted by molar-refractivity contribution is 5.95. The van der Waals surface area contributed by atoms with Gasteiger partial charge in [-0.15, -0.1) is 0 Å². The number of allylic oxidation sites excluding steroid dienone is 3. The van der Waals surface area contributed by atoms with Crippen molar-refractivity contribution >= 4 is 17.2 Å². The average molecular weight is 427 g/mol. The van der Waals surface area contributed by atoms with E-state index in [0.29, 0.717) is 28.7 Å². The quantitative estimate of drug-likeness (QED) is 0.349. The summed E-state index contributed by atoms with van der Waals surface area (Å²) < 4.78 is 5.62. The highest BCUT2D eigenvalue weighted by Gasteiger charge is 2.20. The third kappa shape index (κ3) is 4.79. The molecule has 2 aromatic rings. The Morgan fingerprint density at radius 1 is 0.875 bits per heavy atom. The van der Waals surface area contributed by atoms with E-state index in [-0.39, 0.29) is 0 Å². The zero-order valence-corrected chi connectivity index (χ0v) is 20.8. The second-order valence-corrected chi connectivity index (χ2v) is 8.88. The van der Waals surface area contributed by atoms with Gasteiger partial charge < -0.3 is 4.74 Å². The topological polar surface area (TPSA) is 56.8 Å². The Labute approximate surface area is 193 Å². The van der Waals surface area contributed by atoms with E-state index in [9.17, 15) is 10.5 Å². The van der Waals surface area contributed by atoms with Gasteiger partial charge in [0.2, 0.25) is 0 Å². The van der Waals surface area contributed by atoms with Gasteiger partial charge in [-0.25, -0.2) is 0 Å². The SMILES string of the molecule is C/C=C(\C#N)c1cc(OC)c(C)c(/C(C#N)=C/c2cc(C(C)C)c(C)cc2C(C)C)c1C. The molecule has 166 valence electrons. The fourth-order valence-electron chi connectivity index (χ4n) is 4.39. The van der Waals surface area contributed by atoms with Crippen LogP contribution in [0.15, 0.2) is 24.3 Å². The molecule has 0 radical (unpaired) electrons. The minimum atomic E-state index is 0.331. The molecule has 0 saturated heterocycles. The lowest BCUT2D eigenvalue weighted by Crippen LogP contribution is -2.02. The number of hydrogen-bond donors (Lipinski definition) is 0. The number of methoxy groups -OCH3 is 1. The molecule has 3 nitrogen and oxygen atoms in total. The van der Waals surface area contributed by atoms with Crippen molar-refractivity contribution in [3.63, 3.8) is 0 Å². The molecule has 0 bridgehead atoms. The molecule has 0 heterocycles. The maximum absolute atomic E-state index is 10.2. The largest absolute Gasteiger partial charge is 0.496 e. The first-order valence-electron chi connectivity index (χ1n) is 11.1. The Kier molecular flexibility index (Phi) is 8.07. The predicted molar refractivity (Wildman–Crippen MR) is 135 cm³/mol. The highest BCUT2D eigenvalue weighted by atomic mass is 16.5. The van der Waals surface area contributed by atoms with Crippen LogP contribution < -0.4 is 4.74 Å². The van der Waals surface area contributed by atoms with E-state index in [1.807, 2.05) is 32.9 Å². The van der Waals surface area contributed by atoms with Crippen molar-refractivity contribution in [1.29, 1.82) is 10.5 Å². The zero-order chi connectivity index (χ0) is 24.2. The van der Waals surface area contributed by atoms with Crippen molar-refractivity contribution in [3.05, 3.63) is 68.8 Å². The zero-order valence-electron chi connectivity index (χ0n) is 20.8. The summed E-state index contributed by atoms with van der Waals surface area (Å²) in [5, 5.41) is 19.8. The molecule has 0 aliphatic rings. The maximum Gasteiger partial charge on any atom is 0.123 e. The fourth-order valence-corrected chi connectivity index (χ4v) is 4.39. The van der Waals surface area contributed by atoms with Crippen LogP contribution in [0.25, 0.3) is 17.2 Å². The van der Waals surface area contributed by atoms with Gasteiger partial charge in [-0.1, -0.05) is 45.9 Å². The molecule has 0 unspecified atom stereocenters. The number of aryl methyl sites for hydroxylation is 1. The minimum absolute atomic E-state index is 0.331. The molecule has 0 fully saturated rings. The third-order valence-corrected chi connectivity index (χ3v) is 6.12. The van der Waals surface area contributed by atoms with Crippen molar-refractivity contribution in [2.45, 2.75) is 67.2 Å². The second-order valence-electron chi connectivity index (χ2n) is 8.88. The molecule has 0 N–H and O–H groups in total. The van der Waals surface area contributed by atoms with E-state index in [1.54, 1.807) is 13.2 Å². The number of hydrogen-bond acceptors (Lipinski definition) is 3. The predicted octanol–water partition coefficient (Wildman–Crippen LogP) is 7.86. The smallest absolute Gasteiger partial charge is 0.123 e. The van der Waals surface area contributed by atoms with Crippen molar-refractivity contribution in [2.24, 2.45) is 0 Å². The van der Waals surface area contributed by atoms with Crippen LogP contribution in [0.4, 0.5) is 0 Å². The van der Waals surface area contributed by atoms with Crippen LogP contribution in [0.3, 0.4) is 0 Å². The molecule has 0 spiro atoms. The average Bonchev–Trinajstić information content (AvgIpc) is 2.75. The summed E-state index contributed by atoms with van der Waals surface area (Å²) in [4.78, 5) is 0. The Hall–Kier alpha value is -3.30. The first-order chi connectivity index (χ1) is 15.1. The van der Waals surface area contributed by atoms with Gasteiger partial charge in [-0.05, 0) is 90.6 Å². The van der Waals surface area contributed by atoms with E-state index in [0.717, 1.165) is 27.8 Å². The summed E-state index contributed by atoms with van der Waals surface area (Å²) in [6.07, 6.45) is 3.79. The highest BCUT2D eigenvalue weighted by Crippen LogP contribution is 2.37. The van der Waals surface area contributed by atoms with E-state index in [4.69, 9.17) is 4.74 Å². The summed E-state index contributed by atoms with van der Waals surface area (Å²) in [6, 6.07) is 11.1. The molecule has 0 saturated carbocycles. The molecule has 2 aromatic carbocycles. The van der Waals surface area contributed by atoms with Gasteiger partial charge in [0.15, 0.2) is 0 Å². The first-order valence-corrected chi connectivity index (χ1v) is 11.1. The molecule has 0 aliphatic carbocycles. The Morgan fingerprint density at radius 2 is 1.47 bits per heavy atom. The van der Waals surface area contributed by atoms with E-state index in [1.165, 1.54) is 16.7 Å². The van der Waals surface area contributed by atoms with Crippen LogP contribution in [0.2, 0.25) is 0 Å². The first kappa shape index (κ1) is 25.0. The number of rotatable bonds is 6. The number of benzene rings is 2. The monoisotopic (exact) mass is 426 g/mol. The van der Waals surface area contributed by atoms with Crippen LogP contribution in [-0.4, -0.2) is 7.11 Å². The van der Waals surface area contributed by atoms with Gasteiger partial charge in [0.1, 0.15) is 5.75 Å². The molecular weight excluding hydrogens is 392 g/mol. The van der Waals surface area contributed by atoms with Crippen LogP contribution in [0, 0.1) is 43.4 Å². The molecule has 0 aromatic heterocycles. The third-order valence-electron chi connectivity index (χ3n) is 6.12. The fraction of sp³-hybridized carbons (Fsp3) is 0.379. The summed E-state index contributed by atoms with van der Waals surface area (Å²) in [5.74, 6) is 1.40. The van der Waals surface area contributed by atoms with Gasteiger partial charge in [0.05, 0.1) is 30.4 Å². The Morgan fingerprint density at radius 3 is 1.94 bits per heavy atom. The molecule has 3 heteroatoms. The summed E-state index contributed by atoms with van der Waals surface area (Å²) >= 11 is 0. The van der Waals surface area contributed by atoms with Crippen molar-refractivity contribution in [2.75, 3.05) is 7.11 Å². The van der Waals surface area contributed by atoms with E-state index >= 15 is 0 Å². The minimum Gasteiger partial charge on any atom is -0.496 e. The molecule has 32 heavy (non-hydrogen) atoms. The van der Waals surface area contributed by atoms with Gasteiger partial charge in [0.25, 0.3) is 0 Å². The summed E-state index contributed by atoms with van der Waals surface area (Å²) in [6.45, 7) is 16.7. The molecular formula is C29H34N2O. The summed E-state index contributed by atoms with van der Waals surface area (Å²) in [7, 11) is 1.62. The standard InChI is InChI=1S/C29H34N2O/c1-10-22(15-30)27-14-28(32-9)21(8)29(20(27)7)24(16-31)12-23-13-25(17(2)3)19(6)11-26(23)18(4)5/h10-14,17-18H,1-9H3/b22-10+,24-12+. The van der Waals surface area contributed by atoms with Gasteiger partial charge in [-0.2, -0.15) is 10.5 Å². The van der Waals surface area contributed by atoms with Crippen LogP contribution in [-0.2, 0) is 0 Å². The van der Waals surface area contributed by atoms with Gasteiger partial charge >= 0.3 is 0 Å².